The Morgan fingerprint density at radius 1 is 0.882 bits per heavy atom. The third-order valence-corrected chi connectivity index (χ3v) is 5.69. The number of anilines is 1. The molecule has 0 fully saturated rings. The quantitative estimate of drug-likeness (QED) is 0.293. The van der Waals surface area contributed by atoms with E-state index in [4.69, 9.17) is 16.5 Å². The summed E-state index contributed by atoms with van der Waals surface area (Å²) in [5.74, 6) is 0.106. The second kappa shape index (κ2) is 12.0. The van der Waals surface area contributed by atoms with Crippen molar-refractivity contribution in [2.45, 2.75) is 25.3 Å². The van der Waals surface area contributed by atoms with E-state index >= 15 is 0 Å². The number of hydrogen-bond donors (Lipinski definition) is 2. The normalized spacial score (nSPS) is 14.9. The van der Waals surface area contributed by atoms with Crippen molar-refractivity contribution in [2.24, 2.45) is 21.5 Å². The van der Waals surface area contributed by atoms with Crippen molar-refractivity contribution >= 4 is 35.7 Å². The molecular formula is C27H30ClN5O. The Morgan fingerprint density at radius 3 is 2.24 bits per heavy atom. The molecule has 3 aromatic rings. The average Bonchev–Trinajstić information content (AvgIpc) is 2.95. The van der Waals surface area contributed by atoms with Gasteiger partial charge in [0.25, 0.3) is 5.91 Å². The fourth-order valence-corrected chi connectivity index (χ4v) is 4.11. The highest BCUT2D eigenvalue weighted by atomic mass is 35.5. The molecule has 0 radical (unpaired) electrons. The number of aliphatic imine (C=N–C) groups is 2. The zero-order valence-electron chi connectivity index (χ0n) is 19.0. The smallest absolute Gasteiger partial charge is 0.252 e. The van der Waals surface area contributed by atoms with Crippen molar-refractivity contribution in [3.8, 4) is 0 Å². The van der Waals surface area contributed by atoms with Crippen LogP contribution >= 0.6 is 12.4 Å². The van der Waals surface area contributed by atoms with Crippen LogP contribution in [0.3, 0.4) is 0 Å². The second-order valence-corrected chi connectivity index (χ2v) is 8.07. The molecule has 0 saturated heterocycles. The van der Waals surface area contributed by atoms with Gasteiger partial charge >= 0.3 is 0 Å². The number of guanidine groups is 1. The Hall–Kier alpha value is -3.64. The number of benzodiazepines with no additional fused rings is 1. The van der Waals surface area contributed by atoms with Crippen molar-refractivity contribution in [1.82, 2.24) is 0 Å². The zero-order valence-corrected chi connectivity index (χ0v) is 19.8. The van der Waals surface area contributed by atoms with Crippen LogP contribution in [0, 0.1) is 0 Å². The predicted molar refractivity (Wildman–Crippen MR) is 142 cm³/mol. The van der Waals surface area contributed by atoms with E-state index in [1.807, 2.05) is 89.8 Å². The van der Waals surface area contributed by atoms with Crippen molar-refractivity contribution < 1.29 is 4.79 Å². The Labute approximate surface area is 206 Å². The van der Waals surface area contributed by atoms with Crippen molar-refractivity contribution in [3.05, 3.63) is 102 Å². The van der Waals surface area contributed by atoms with Crippen molar-refractivity contribution in [1.29, 1.82) is 0 Å². The molecule has 1 amide bonds. The van der Waals surface area contributed by atoms with Gasteiger partial charge in [0.05, 0.1) is 11.4 Å². The summed E-state index contributed by atoms with van der Waals surface area (Å²) in [6.45, 7) is 1.13. The summed E-state index contributed by atoms with van der Waals surface area (Å²) in [6, 6.07) is 27.7. The molecule has 1 aliphatic heterocycles. The number of amides is 1. The molecule has 4 rings (SSSR count). The highest BCUT2D eigenvalue weighted by Crippen LogP contribution is 2.29. The molecule has 1 aliphatic rings. The standard InChI is InChI=1S/C27H29N5O.ClH/c28-27(29)30-17-9-10-18-32-24-16-8-7-15-22(24)25(21-13-5-2-6-14-21)31-23(26(32)33)19-20-11-3-1-4-12-20;/h1-8,11-16,23H,9-10,17-19H2,(H4,28,29,30);1H. The Morgan fingerprint density at radius 2 is 1.53 bits per heavy atom. The van der Waals surface area contributed by atoms with E-state index in [-0.39, 0.29) is 24.3 Å². The van der Waals surface area contributed by atoms with Gasteiger partial charge in [0, 0.05) is 30.6 Å². The third-order valence-electron chi connectivity index (χ3n) is 5.69. The molecule has 176 valence electrons. The molecule has 6 nitrogen and oxygen atoms in total. The van der Waals surface area contributed by atoms with Gasteiger partial charge in [0.15, 0.2) is 5.96 Å². The molecule has 0 aliphatic carbocycles. The lowest BCUT2D eigenvalue weighted by Gasteiger charge is -2.25. The lowest BCUT2D eigenvalue weighted by molar-refractivity contribution is -0.119. The van der Waals surface area contributed by atoms with E-state index in [0.717, 1.165) is 40.9 Å². The van der Waals surface area contributed by atoms with E-state index in [0.29, 0.717) is 19.5 Å². The van der Waals surface area contributed by atoms with Gasteiger partial charge in [-0.1, -0.05) is 78.9 Å². The molecule has 0 spiro atoms. The number of para-hydroxylation sites is 1. The fourth-order valence-electron chi connectivity index (χ4n) is 4.11. The van der Waals surface area contributed by atoms with E-state index in [1.54, 1.807) is 0 Å². The van der Waals surface area contributed by atoms with Gasteiger partial charge in [-0.25, -0.2) is 0 Å². The van der Waals surface area contributed by atoms with Crippen molar-refractivity contribution in [2.75, 3.05) is 18.0 Å². The Balaban J connectivity index is 0.00000324. The minimum Gasteiger partial charge on any atom is -0.370 e. The van der Waals surface area contributed by atoms with Gasteiger partial charge in [-0.15, -0.1) is 12.4 Å². The molecule has 4 N–H and O–H groups in total. The molecule has 0 bridgehead atoms. The fraction of sp³-hybridized carbons (Fsp3) is 0.222. The number of carbonyl (C=O) groups is 1. The van der Waals surface area contributed by atoms with Gasteiger partial charge in [-0.3, -0.25) is 14.8 Å². The maximum Gasteiger partial charge on any atom is 0.252 e. The highest BCUT2D eigenvalue weighted by molar-refractivity contribution is 6.20. The molecule has 34 heavy (non-hydrogen) atoms. The van der Waals surface area contributed by atoms with E-state index in [9.17, 15) is 4.79 Å². The van der Waals surface area contributed by atoms with Crippen LogP contribution in [0.5, 0.6) is 0 Å². The first-order valence-electron chi connectivity index (χ1n) is 11.3. The molecule has 1 atom stereocenters. The first kappa shape index (κ1) is 25.0. The lowest BCUT2D eigenvalue weighted by atomic mass is 10.00. The molecule has 0 saturated carbocycles. The largest absolute Gasteiger partial charge is 0.370 e. The number of hydrogen-bond acceptors (Lipinski definition) is 3. The van der Waals surface area contributed by atoms with Crippen LogP contribution in [0.25, 0.3) is 0 Å². The number of carbonyl (C=O) groups excluding carboxylic acids is 1. The monoisotopic (exact) mass is 475 g/mol. The van der Waals surface area contributed by atoms with Crippen LogP contribution in [0.4, 0.5) is 5.69 Å². The summed E-state index contributed by atoms with van der Waals surface area (Å²) >= 11 is 0. The number of unbranched alkanes of at least 4 members (excludes halogenated alkanes) is 1. The van der Waals surface area contributed by atoms with Gasteiger partial charge < -0.3 is 16.4 Å². The lowest BCUT2D eigenvalue weighted by Crippen LogP contribution is -2.39. The summed E-state index contributed by atoms with van der Waals surface area (Å²) in [7, 11) is 0. The number of benzene rings is 3. The summed E-state index contributed by atoms with van der Waals surface area (Å²) in [6.07, 6.45) is 2.13. The van der Waals surface area contributed by atoms with E-state index in [1.165, 1.54) is 0 Å². The summed E-state index contributed by atoms with van der Waals surface area (Å²) in [5, 5.41) is 0. The number of nitrogens with zero attached hydrogens (tertiary/aromatic N) is 3. The second-order valence-electron chi connectivity index (χ2n) is 8.07. The minimum atomic E-state index is -0.507. The maximum absolute atomic E-state index is 13.8. The molecule has 1 unspecified atom stereocenters. The third kappa shape index (κ3) is 6.02. The molecule has 7 heteroatoms. The summed E-state index contributed by atoms with van der Waals surface area (Å²) in [4.78, 5) is 24.8. The molecule has 1 heterocycles. The Kier molecular flexibility index (Phi) is 8.82. The van der Waals surface area contributed by atoms with Crippen LogP contribution in [-0.2, 0) is 11.2 Å². The van der Waals surface area contributed by atoms with Crippen molar-refractivity contribution in [3.63, 3.8) is 0 Å². The maximum atomic E-state index is 13.8. The topological polar surface area (TPSA) is 97.1 Å². The number of nitrogens with two attached hydrogens (primary N) is 2. The van der Waals surface area contributed by atoms with Gasteiger partial charge in [0.1, 0.15) is 6.04 Å². The minimum absolute atomic E-state index is 0. The van der Waals surface area contributed by atoms with Crippen LogP contribution < -0.4 is 16.4 Å². The van der Waals surface area contributed by atoms with Gasteiger partial charge in [0.2, 0.25) is 0 Å². The predicted octanol–water partition coefficient (Wildman–Crippen LogP) is 3.96. The Bertz CT molecular complexity index is 1140. The molecular weight excluding hydrogens is 446 g/mol. The first-order valence-corrected chi connectivity index (χ1v) is 11.3. The first-order chi connectivity index (χ1) is 16.1. The van der Waals surface area contributed by atoms with Crippen LogP contribution in [0.2, 0.25) is 0 Å². The number of rotatable bonds is 8. The van der Waals surface area contributed by atoms with E-state index < -0.39 is 6.04 Å². The summed E-state index contributed by atoms with van der Waals surface area (Å²) < 4.78 is 0. The van der Waals surface area contributed by atoms with Gasteiger partial charge in [-0.05, 0) is 24.5 Å². The van der Waals surface area contributed by atoms with Crippen LogP contribution in [0.1, 0.15) is 29.5 Å². The van der Waals surface area contributed by atoms with Crippen LogP contribution in [0.15, 0.2) is 94.9 Å². The highest BCUT2D eigenvalue weighted by Gasteiger charge is 2.31. The SMILES string of the molecule is Cl.NC(N)=NCCCCN1C(=O)C(Cc2ccccc2)N=C(c2ccccc2)c2ccccc21. The number of halogens is 1. The zero-order chi connectivity index (χ0) is 23.0. The van der Waals surface area contributed by atoms with E-state index in [2.05, 4.69) is 4.99 Å². The molecule has 3 aromatic carbocycles. The average molecular weight is 476 g/mol. The van der Waals surface area contributed by atoms with Gasteiger partial charge in [-0.2, -0.15) is 0 Å². The van der Waals surface area contributed by atoms with Crippen LogP contribution in [-0.4, -0.2) is 36.7 Å². The summed E-state index contributed by atoms with van der Waals surface area (Å²) in [5.41, 5.74) is 15.7. The number of fused-ring (bicyclic) bond motifs is 1. The molecule has 0 aromatic heterocycles.